The molecular formula is C37H37F2N3O6S. The average Bonchev–Trinajstić information content (AvgIpc) is 3.63. The average molecular weight is 690 g/mol. The lowest BCUT2D eigenvalue weighted by Crippen LogP contribution is -2.54. The Morgan fingerprint density at radius 1 is 0.796 bits per heavy atom. The zero-order valence-electron chi connectivity index (χ0n) is 26.8. The van der Waals surface area contributed by atoms with Crippen molar-refractivity contribution in [3.63, 3.8) is 0 Å². The maximum atomic E-state index is 14.6. The van der Waals surface area contributed by atoms with E-state index in [2.05, 4.69) is 5.32 Å². The number of hydrogen-bond acceptors (Lipinski definition) is 6. The molecule has 2 amide bonds. The lowest BCUT2D eigenvalue weighted by Gasteiger charge is -2.34. The lowest BCUT2D eigenvalue weighted by molar-refractivity contribution is -0.140. The minimum Gasteiger partial charge on any atom is -0.486 e. The molecule has 256 valence electrons. The van der Waals surface area contributed by atoms with Crippen LogP contribution < -0.4 is 19.1 Å². The molecule has 0 radical (unpaired) electrons. The SMILES string of the molecule is O=C(NC1CCCC1)C(Cc1ccccc1)N(Cc1ccc(F)cc1)C(=O)CN(c1ccc(F)cc1)S(=O)(=O)c1ccc2c(c1)OCCO2. The zero-order valence-corrected chi connectivity index (χ0v) is 27.6. The molecule has 2 aliphatic rings. The van der Waals surface area contributed by atoms with Gasteiger partial charge in [-0.15, -0.1) is 0 Å². The van der Waals surface area contributed by atoms with Crippen molar-refractivity contribution in [2.75, 3.05) is 24.1 Å². The number of ether oxygens (including phenoxy) is 2. The van der Waals surface area contributed by atoms with Crippen LogP contribution in [0.3, 0.4) is 0 Å². The molecule has 1 N–H and O–H groups in total. The molecule has 6 rings (SSSR count). The predicted octanol–water partition coefficient (Wildman–Crippen LogP) is 5.63. The zero-order chi connectivity index (χ0) is 34.4. The fraction of sp³-hybridized carbons (Fsp3) is 0.297. The second-order valence-corrected chi connectivity index (χ2v) is 14.0. The highest BCUT2D eigenvalue weighted by molar-refractivity contribution is 7.92. The molecule has 1 fully saturated rings. The standard InChI is InChI=1S/C37H37F2N3O6S/c38-28-12-10-27(11-13-28)24-41(33(22-26-6-2-1-3-7-26)37(44)40-30-8-4-5-9-30)36(43)25-42(31-16-14-29(39)15-17-31)49(45,46)32-18-19-34-35(23-32)48-21-20-47-34/h1-3,6-7,10-19,23,30,33H,4-5,8-9,20-22,24-25H2,(H,40,44). The van der Waals surface area contributed by atoms with E-state index in [1.807, 2.05) is 30.3 Å². The predicted molar refractivity (Wildman–Crippen MR) is 180 cm³/mol. The molecule has 0 spiro atoms. The Balaban J connectivity index is 1.39. The van der Waals surface area contributed by atoms with Crippen LogP contribution >= 0.6 is 0 Å². The molecular weight excluding hydrogens is 652 g/mol. The Kier molecular flexibility index (Phi) is 10.4. The first-order valence-electron chi connectivity index (χ1n) is 16.2. The van der Waals surface area contributed by atoms with E-state index in [0.717, 1.165) is 47.7 Å². The van der Waals surface area contributed by atoms with Crippen molar-refractivity contribution >= 4 is 27.5 Å². The minimum absolute atomic E-state index is 0.0418. The van der Waals surface area contributed by atoms with Crippen LogP contribution in [0.5, 0.6) is 11.5 Å². The van der Waals surface area contributed by atoms with Crippen molar-refractivity contribution in [2.24, 2.45) is 0 Å². The second kappa shape index (κ2) is 15.1. The number of nitrogens with one attached hydrogen (secondary N) is 1. The summed E-state index contributed by atoms with van der Waals surface area (Å²) in [6, 6.07) is 22.7. The first kappa shape index (κ1) is 33.9. The summed E-state index contributed by atoms with van der Waals surface area (Å²) in [6.45, 7) is -0.264. The molecule has 9 nitrogen and oxygen atoms in total. The van der Waals surface area contributed by atoms with Gasteiger partial charge in [0.05, 0.1) is 10.6 Å². The fourth-order valence-electron chi connectivity index (χ4n) is 6.16. The first-order valence-corrected chi connectivity index (χ1v) is 17.7. The van der Waals surface area contributed by atoms with E-state index in [1.165, 1.54) is 59.5 Å². The summed E-state index contributed by atoms with van der Waals surface area (Å²) in [5.41, 5.74) is 1.39. The Bertz CT molecular complexity index is 1870. The van der Waals surface area contributed by atoms with Crippen LogP contribution in [0.2, 0.25) is 0 Å². The van der Waals surface area contributed by atoms with Gasteiger partial charge in [-0.25, -0.2) is 17.2 Å². The normalized spacial score (nSPS) is 15.0. The number of carbonyl (C=O) groups is 2. The van der Waals surface area contributed by atoms with Crippen molar-refractivity contribution in [3.8, 4) is 11.5 Å². The topological polar surface area (TPSA) is 105 Å². The minimum atomic E-state index is -4.45. The van der Waals surface area contributed by atoms with Gasteiger partial charge in [0.15, 0.2) is 11.5 Å². The maximum Gasteiger partial charge on any atom is 0.264 e. The van der Waals surface area contributed by atoms with Crippen LogP contribution in [0, 0.1) is 11.6 Å². The number of fused-ring (bicyclic) bond motifs is 1. The van der Waals surface area contributed by atoms with Gasteiger partial charge in [0, 0.05) is 25.1 Å². The van der Waals surface area contributed by atoms with Crippen LogP contribution in [0.1, 0.15) is 36.8 Å². The summed E-state index contributed by atoms with van der Waals surface area (Å²) in [7, 11) is -4.45. The summed E-state index contributed by atoms with van der Waals surface area (Å²) in [6.07, 6.45) is 3.76. The van der Waals surface area contributed by atoms with E-state index in [4.69, 9.17) is 9.47 Å². The van der Waals surface area contributed by atoms with Gasteiger partial charge in [-0.3, -0.25) is 13.9 Å². The van der Waals surface area contributed by atoms with Gasteiger partial charge in [-0.2, -0.15) is 0 Å². The summed E-state index contributed by atoms with van der Waals surface area (Å²) in [5.74, 6) is -1.48. The lowest BCUT2D eigenvalue weighted by atomic mass is 10.0. The van der Waals surface area contributed by atoms with Crippen LogP contribution in [0.15, 0.2) is 102 Å². The first-order chi connectivity index (χ1) is 23.7. The monoisotopic (exact) mass is 689 g/mol. The van der Waals surface area contributed by atoms with Crippen molar-refractivity contribution in [1.29, 1.82) is 0 Å². The van der Waals surface area contributed by atoms with E-state index in [1.54, 1.807) is 0 Å². The van der Waals surface area contributed by atoms with Gasteiger partial charge >= 0.3 is 0 Å². The number of sulfonamides is 1. The molecule has 1 aliphatic carbocycles. The van der Waals surface area contributed by atoms with Crippen molar-refractivity contribution < 1.29 is 36.3 Å². The Labute approximate surface area is 284 Å². The molecule has 4 aromatic rings. The third kappa shape index (κ3) is 8.19. The van der Waals surface area contributed by atoms with E-state index in [0.29, 0.717) is 17.9 Å². The molecule has 0 bridgehead atoms. The molecule has 1 saturated carbocycles. The molecule has 1 atom stereocenters. The number of benzene rings is 4. The highest BCUT2D eigenvalue weighted by Crippen LogP contribution is 2.34. The van der Waals surface area contributed by atoms with Crippen LogP contribution in [0.4, 0.5) is 14.5 Å². The summed E-state index contributed by atoms with van der Waals surface area (Å²) in [5, 5.41) is 3.11. The van der Waals surface area contributed by atoms with Gasteiger partial charge in [0.2, 0.25) is 11.8 Å². The van der Waals surface area contributed by atoms with Gasteiger partial charge in [-0.1, -0.05) is 55.3 Å². The Hall–Kier alpha value is -4.97. The van der Waals surface area contributed by atoms with E-state index < -0.39 is 40.2 Å². The van der Waals surface area contributed by atoms with Crippen molar-refractivity contribution in [2.45, 2.75) is 55.6 Å². The molecule has 1 aliphatic heterocycles. The third-order valence-electron chi connectivity index (χ3n) is 8.73. The highest BCUT2D eigenvalue weighted by Gasteiger charge is 2.36. The summed E-state index contributed by atoms with van der Waals surface area (Å²) in [4.78, 5) is 29.9. The quantitative estimate of drug-likeness (QED) is 0.207. The van der Waals surface area contributed by atoms with Crippen LogP contribution in [-0.2, 0) is 32.6 Å². The number of anilines is 1. The van der Waals surface area contributed by atoms with E-state index >= 15 is 0 Å². The number of rotatable bonds is 12. The number of carbonyl (C=O) groups excluding carboxylic acids is 2. The van der Waals surface area contributed by atoms with E-state index in [-0.39, 0.29) is 47.9 Å². The smallest absolute Gasteiger partial charge is 0.264 e. The number of hydrogen-bond donors (Lipinski definition) is 1. The van der Waals surface area contributed by atoms with Crippen molar-refractivity contribution in [3.05, 3.63) is 120 Å². The number of nitrogens with zero attached hydrogens (tertiary/aromatic N) is 2. The molecule has 12 heteroatoms. The Morgan fingerprint density at radius 2 is 1.43 bits per heavy atom. The van der Waals surface area contributed by atoms with Gasteiger partial charge < -0.3 is 19.7 Å². The number of amides is 2. The maximum absolute atomic E-state index is 14.6. The third-order valence-corrected chi connectivity index (χ3v) is 10.5. The number of halogens is 2. The molecule has 0 aromatic heterocycles. The largest absolute Gasteiger partial charge is 0.486 e. The Morgan fingerprint density at radius 3 is 2.10 bits per heavy atom. The molecule has 1 heterocycles. The van der Waals surface area contributed by atoms with E-state index in [9.17, 15) is 26.8 Å². The molecule has 4 aromatic carbocycles. The molecule has 1 unspecified atom stereocenters. The summed E-state index contributed by atoms with van der Waals surface area (Å²) >= 11 is 0. The fourth-order valence-corrected chi connectivity index (χ4v) is 7.59. The highest BCUT2D eigenvalue weighted by atomic mass is 32.2. The van der Waals surface area contributed by atoms with Gasteiger partial charge in [-0.05, 0) is 72.5 Å². The second-order valence-electron chi connectivity index (χ2n) is 12.1. The molecule has 49 heavy (non-hydrogen) atoms. The van der Waals surface area contributed by atoms with Gasteiger partial charge in [0.1, 0.15) is 37.4 Å². The molecule has 0 saturated heterocycles. The van der Waals surface area contributed by atoms with Crippen LogP contribution in [0.25, 0.3) is 0 Å². The van der Waals surface area contributed by atoms with Crippen LogP contribution in [-0.4, -0.2) is 57.0 Å². The van der Waals surface area contributed by atoms with Gasteiger partial charge in [0.25, 0.3) is 10.0 Å². The summed E-state index contributed by atoms with van der Waals surface area (Å²) < 4.78 is 68.7. The van der Waals surface area contributed by atoms with Crippen molar-refractivity contribution in [1.82, 2.24) is 10.2 Å².